The highest BCUT2D eigenvalue weighted by Gasteiger charge is 2.31. The van der Waals surface area contributed by atoms with Crippen molar-refractivity contribution in [2.45, 2.75) is 6.92 Å². The van der Waals surface area contributed by atoms with Gasteiger partial charge in [0.2, 0.25) is 0 Å². The van der Waals surface area contributed by atoms with E-state index in [1.165, 1.54) is 15.9 Å². The number of aromatic nitrogens is 1. The molecule has 3 aromatic rings. The number of amides is 2. The third-order valence-corrected chi connectivity index (χ3v) is 5.34. The minimum atomic E-state index is -1.09. The van der Waals surface area contributed by atoms with Gasteiger partial charge >= 0.3 is 0 Å². The summed E-state index contributed by atoms with van der Waals surface area (Å²) in [5.41, 5.74) is 1.81. The van der Waals surface area contributed by atoms with Crippen LogP contribution in [0.2, 0.25) is 0 Å². The number of nitrogens with one attached hydrogen (secondary N) is 1. The lowest BCUT2D eigenvalue weighted by atomic mass is 10.1. The van der Waals surface area contributed by atoms with Crippen LogP contribution in [0, 0.1) is 18.6 Å². The molecule has 0 unspecified atom stereocenters. The Bertz CT molecular complexity index is 1160. The Balaban J connectivity index is 1.45. The number of aromatic amines is 1. The molecule has 2 amide bonds. The molecule has 0 bridgehead atoms. The molecule has 4 rings (SSSR count). The van der Waals surface area contributed by atoms with Crippen LogP contribution < -0.4 is 0 Å². The first-order valence-electron chi connectivity index (χ1n) is 9.52. The van der Waals surface area contributed by atoms with E-state index in [0.717, 1.165) is 17.6 Å². The molecule has 0 radical (unpaired) electrons. The maximum absolute atomic E-state index is 13.4. The summed E-state index contributed by atoms with van der Waals surface area (Å²) in [6, 6.07) is 10.3. The standard InChI is InChI=1S/C22H19F2N3O3/c1-13-19(15-4-2-3-5-18(15)25-13)20(28)22(30)27-10-8-26(9-11-27)21(29)14-6-7-16(23)17(24)12-14/h2-7,12,25H,8-11H2,1H3. The number of carbonyl (C=O) groups excluding carboxylic acids is 3. The van der Waals surface area contributed by atoms with Gasteiger partial charge in [-0.2, -0.15) is 0 Å². The Morgan fingerprint density at radius 1 is 0.900 bits per heavy atom. The first-order valence-corrected chi connectivity index (χ1v) is 9.52. The summed E-state index contributed by atoms with van der Waals surface area (Å²) in [5.74, 6) is -3.77. The van der Waals surface area contributed by atoms with Crippen LogP contribution in [-0.4, -0.2) is 58.6 Å². The summed E-state index contributed by atoms with van der Waals surface area (Å²) < 4.78 is 26.5. The SMILES string of the molecule is Cc1[nH]c2ccccc2c1C(=O)C(=O)N1CCN(C(=O)c2ccc(F)c(F)c2)CC1. The van der Waals surface area contributed by atoms with Gasteiger partial charge in [0.25, 0.3) is 17.6 Å². The molecule has 1 N–H and O–H groups in total. The Kier molecular flexibility index (Phi) is 5.07. The van der Waals surface area contributed by atoms with Crippen molar-refractivity contribution in [2.24, 2.45) is 0 Å². The van der Waals surface area contributed by atoms with E-state index in [0.29, 0.717) is 16.6 Å². The predicted molar refractivity (Wildman–Crippen MR) is 106 cm³/mol. The molecule has 0 saturated carbocycles. The van der Waals surface area contributed by atoms with E-state index in [2.05, 4.69) is 4.98 Å². The van der Waals surface area contributed by atoms with E-state index >= 15 is 0 Å². The fraction of sp³-hybridized carbons (Fsp3) is 0.227. The van der Waals surface area contributed by atoms with Crippen LogP contribution in [0.3, 0.4) is 0 Å². The first kappa shape index (κ1) is 19.8. The average molecular weight is 411 g/mol. The van der Waals surface area contributed by atoms with Gasteiger partial charge in [-0.15, -0.1) is 0 Å². The second-order valence-electron chi connectivity index (χ2n) is 7.21. The number of benzene rings is 2. The third kappa shape index (κ3) is 3.45. The normalized spacial score (nSPS) is 14.2. The minimum absolute atomic E-state index is 0.0409. The molecule has 2 heterocycles. The molecule has 1 aliphatic rings. The number of fused-ring (bicyclic) bond motifs is 1. The van der Waals surface area contributed by atoms with Gasteiger partial charge in [0, 0.05) is 48.3 Å². The lowest BCUT2D eigenvalue weighted by molar-refractivity contribution is -0.127. The number of nitrogens with zero attached hydrogens (tertiary/aromatic N) is 2. The van der Waals surface area contributed by atoms with E-state index in [1.54, 1.807) is 19.1 Å². The van der Waals surface area contributed by atoms with Gasteiger partial charge in [0.05, 0.1) is 5.56 Å². The molecule has 154 valence electrons. The zero-order chi connectivity index (χ0) is 21.4. The van der Waals surface area contributed by atoms with E-state index in [1.807, 2.05) is 12.1 Å². The van der Waals surface area contributed by atoms with Crippen molar-refractivity contribution in [3.63, 3.8) is 0 Å². The lowest BCUT2D eigenvalue weighted by Gasteiger charge is -2.34. The second-order valence-corrected chi connectivity index (χ2v) is 7.21. The summed E-state index contributed by atoms with van der Waals surface area (Å²) in [5, 5.41) is 0.695. The Morgan fingerprint density at radius 3 is 2.27 bits per heavy atom. The van der Waals surface area contributed by atoms with Gasteiger partial charge < -0.3 is 14.8 Å². The molecular weight excluding hydrogens is 392 g/mol. The van der Waals surface area contributed by atoms with Gasteiger partial charge in [0.15, 0.2) is 11.6 Å². The van der Waals surface area contributed by atoms with E-state index < -0.39 is 29.2 Å². The van der Waals surface area contributed by atoms with Gasteiger partial charge in [-0.1, -0.05) is 18.2 Å². The summed E-state index contributed by atoms with van der Waals surface area (Å²) >= 11 is 0. The van der Waals surface area contributed by atoms with Crippen molar-refractivity contribution in [2.75, 3.05) is 26.2 Å². The molecule has 1 saturated heterocycles. The number of para-hydroxylation sites is 1. The highest BCUT2D eigenvalue weighted by molar-refractivity contribution is 6.45. The number of aryl methyl sites for hydroxylation is 1. The Morgan fingerprint density at radius 2 is 1.57 bits per heavy atom. The van der Waals surface area contributed by atoms with Crippen molar-refractivity contribution in [1.29, 1.82) is 0 Å². The molecule has 1 aromatic heterocycles. The zero-order valence-electron chi connectivity index (χ0n) is 16.2. The van der Waals surface area contributed by atoms with Gasteiger partial charge in [-0.3, -0.25) is 14.4 Å². The van der Waals surface area contributed by atoms with Crippen molar-refractivity contribution < 1.29 is 23.2 Å². The summed E-state index contributed by atoms with van der Waals surface area (Å²) in [7, 11) is 0. The largest absolute Gasteiger partial charge is 0.358 e. The fourth-order valence-electron chi connectivity index (χ4n) is 3.74. The molecule has 1 aliphatic heterocycles. The molecule has 0 aliphatic carbocycles. The van der Waals surface area contributed by atoms with Gasteiger partial charge in [-0.25, -0.2) is 8.78 Å². The van der Waals surface area contributed by atoms with Gasteiger partial charge in [-0.05, 0) is 31.2 Å². The Labute approximate surface area is 171 Å². The number of rotatable bonds is 3. The van der Waals surface area contributed by atoms with Gasteiger partial charge in [0.1, 0.15) is 0 Å². The molecule has 30 heavy (non-hydrogen) atoms. The van der Waals surface area contributed by atoms with Crippen molar-refractivity contribution in [3.8, 4) is 0 Å². The molecule has 2 aromatic carbocycles. The van der Waals surface area contributed by atoms with Crippen LogP contribution >= 0.6 is 0 Å². The summed E-state index contributed by atoms with van der Waals surface area (Å²) in [6.07, 6.45) is 0. The molecule has 0 spiro atoms. The zero-order valence-corrected chi connectivity index (χ0v) is 16.2. The van der Waals surface area contributed by atoms with Crippen LogP contribution in [0.15, 0.2) is 42.5 Å². The fourth-order valence-corrected chi connectivity index (χ4v) is 3.74. The highest BCUT2D eigenvalue weighted by atomic mass is 19.2. The number of ketones is 1. The number of piperazine rings is 1. The topological polar surface area (TPSA) is 73.5 Å². The second kappa shape index (κ2) is 7.70. The van der Waals surface area contributed by atoms with E-state index in [9.17, 15) is 23.2 Å². The number of carbonyl (C=O) groups is 3. The summed E-state index contributed by atoms with van der Waals surface area (Å²) in [6.45, 7) is 2.51. The number of Topliss-reactive ketones (excluding diaryl/α,β-unsaturated/α-hetero) is 1. The van der Waals surface area contributed by atoms with Crippen LogP contribution in [0.25, 0.3) is 10.9 Å². The molecule has 1 fully saturated rings. The average Bonchev–Trinajstić information content (AvgIpc) is 3.10. The molecule has 6 nitrogen and oxygen atoms in total. The maximum atomic E-state index is 13.4. The smallest absolute Gasteiger partial charge is 0.295 e. The number of hydrogen-bond acceptors (Lipinski definition) is 3. The van der Waals surface area contributed by atoms with Crippen molar-refractivity contribution in [3.05, 3.63) is 70.9 Å². The molecular formula is C22H19F2N3O3. The number of hydrogen-bond donors (Lipinski definition) is 1. The van der Waals surface area contributed by atoms with Crippen LogP contribution in [0.1, 0.15) is 26.4 Å². The van der Waals surface area contributed by atoms with Crippen LogP contribution in [0.4, 0.5) is 8.78 Å². The minimum Gasteiger partial charge on any atom is -0.358 e. The Hall–Kier alpha value is -3.55. The summed E-state index contributed by atoms with van der Waals surface area (Å²) in [4.78, 5) is 44.2. The lowest BCUT2D eigenvalue weighted by Crippen LogP contribution is -2.52. The monoisotopic (exact) mass is 411 g/mol. The first-order chi connectivity index (χ1) is 14.4. The highest BCUT2D eigenvalue weighted by Crippen LogP contribution is 2.23. The predicted octanol–water partition coefficient (Wildman–Crippen LogP) is 2.92. The van der Waals surface area contributed by atoms with E-state index in [4.69, 9.17) is 0 Å². The number of H-pyrrole nitrogens is 1. The van der Waals surface area contributed by atoms with Crippen molar-refractivity contribution >= 4 is 28.5 Å². The maximum Gasteiger partial charge on any atom is 0.295 e. The molecule has 0 atom stereocenters. The quantitative estimate of drug-likeness (QED) is 0.532. The van der Waals surface area contributed by atoms with Crippen LogP contribution in [0.5, 0.6) is 0 Å². The van der Waals surface area contributed by atoms with E-state index in [-0.39, 0.29) is 31.7 Å². The third-order valence-electron chi connectivity index (χ3n) is 5.34. The molecule has 8 heteroatoms. The number of halogens is 2. The van der Waals surface area contributed by atoms with Crippen LogP contribution in [-0.2, 0) is 4.79 Å². The van der Waals surface area contributed by atoms with Crippen molar-refractivity contribution in [1.82, 2.24) is 14.8 Å².